The predicted molar refractivity (Wildman–Crippen MR) is 143 cm³/mol. The monoisotopic (exact) mass is 547 g/mol. The number of aromatic nitrogens is 6. The van der Waals surface area contributed by atoms with Gasteiger partial charge in [-0.05, 0) is 74.9 Å². The third-order valence-corrected chi connectivity index (χ3v) is 7.93. The number of ether oxygens (including phenoxy) is 1. The topological polar surface area (TPSA) is 73.9 Å². The number of imidazole rings is 1. The third kappa shape index (κ3) is 4.30. The van der Waals surface area contributed by atoms with Gasteiger partial charge in [-0.25, -0.2) is 19.6 Å². The summed E-state index contributed by atoms with van der Waals surface area (Å²) >= 11 is 3.83. The number of pyridine rings is 1. The van der Waals surface area contributed by atoms with Crippen LogP contribution in [-0.2, 0) is 6.54 Å². The van der Waals surface area contributed by atoms with E-state index < -0.39 is 0 Å². The quantitative estimate of drug-likeness (QED) is 0.327. The number of fused-ring (bicyclic) bond motifs is 1. The van der Waals surface area contributed by atoms with Crippen molar-refractivity contribution in [2.45, 2.75) is 51.5 Å². The summed E-state index contributed by atoms with van der Waals surface area (Å²) in [5.74, 6) is 2.34. The zero-order valence-corrected chi connectivity index (χ0v) is 22.3. The Balaban J connectivity index is 1.34. The lowest BCUT2D eigenvalue weighted by molar-refractivity contribution is 0.396. The number of anilines is 1. The van der Waals surface area contributed by atoms with Gasteiger partial charge in [-0.2, -0.15) is 0 Å². The second kappa shape index (κ2) is 9.69. The largest absolute Gasteiger partial charge is 0.479 e. The molecule has 5 heterocycles. The van der Waals surface area contributed by atoms with E-state index in [1.165, 1.54) is 30.5 Å². The van der Waals surface area contributed by atoms with E-state index in [-0.39, 0.29) is 5.92 Å². The fourth-order valence-corrected chi connectivity index (χ4v) is 5.88. The highest BCUT2D eigenvalue weighted by molar-refractivity contribution is 9.10. The minimum atomic E-state index is 0.189. The van der Waals surface area contributed by atoms with Crippen LogP contribution in [0.4, 0.5) is 5.69 Å². The van der Waals surface area contributed by atoms with Crippen LogP contribution in [-0.4, -0.2) is 49.5 Å². The second-order valence-electron chi connectivity index (χ2n) is 9.61. The number of piperidine rings is 1. The minimum Gasteiger partial charge on any atom is -0.479 e. The summed E-state index contributed by atoms with van der Waals surface area (Å²) < 4.78 is 10.7. The molecule has 1 aromatic carbocycles. The molecule has 1 fully saturated rings. The van der Waals surface area contributed by atoms with Gasteiger partial charge in [0.2, 0.25) is 5.88 Å². The zero-order valence-electron chi connectivity index (χ0n) is 20.7. The summed E-state index contributed by atoms with van der Waals surface area (Å²) in [5.41, 5.74) is 5.07. The van der Waals surface area contributed by atoms with Gasteiger partial charge in [0.15, 0.2) is 5.82 Å². The third-order valence-electron chi connectivity index (χ3n) is 7.20. The van der Waals surface area contributed by atoms with Crippen molar-refractivity contribution in [2.24, 2.45) is 0 Å². The van der Waals surface area contributed by atoms with E-state index >= 15 is 0 Å². The van der Waals surface area contributed by atoms with Crippen molar-refractivity contribution < 1.29 is 4.74 Å². The molecule has 0 saturated carbocycles. The minimum absolute atomic E-state index is 0.189. The Morgan fingerprint density at radius 1 is 1.00 bits per heavy atom. The Bertz CT molecular complexity index is 1390. The Morgan fingerprint density at radius 2 is 1.86 bits per heavy atom. The van der Waals surface area contributed by atoms with Crippen LogP contribution in [0.1, 0.15) is 55.1 Å². The molecule has 0 amide bonds. The number of hydrogen-bond acceptors (Lipinski definition) is 6. The van der Waals surface area contributed by atoms with E-state index in [4.69, 9.17) is 19.8 Å². The van der Waals surface area contributed by atoms with Crippen LogP contribution in [0.3, 0.4) is 0 Å². The van der Waals surface area contributed by atoms with Crippen molar-refractivity contribution >= 4 is 21.6 Å². The summed E-state index contributed by atoms with van der Waals surface area (Å²) in [5, 5.41) is 4.86. The van der Waals surface area contributed by atoms with Crippen LogP contribution in [0.25, 0.3) is 17.2 Å². The Kier molecular flexibility index (Phi) is 6.25. The standard InChI is InChI=1S/C27H30BrN7O/c1-18-16-34(17-29-18)24-11-10-23(30-27(24)36-2)25-31-26-20(7-6-14-35(26)32-25)21-15-19(8-9-22(21)28)33-12-4-3-5-13-33/h8-11,15-17,20H,3-7,12-14H2,1-2H3. The molecule has 36 heavy (non-hydrogen) atoms. The van der Waals surface area contributed by atoms with Gasteiger partial charge in [0, 0.05) is 41.9 Å². The molecule has 1 unspecified atom stereocenters. The molecule has 2 aliphatic heterocycles. The number of hydrogen-bond donors (Lipinski definition) is 0. The predicted octanol–water partition coefficient (Wildman–Crippen LogP) is 5.52. The molecule has 0 aliphatic carbocycles. The molecule has 0 N–H and O–H groups in total. The first-order valence-electron chi connectivity index (χ1n) is 12.7. The highest BCUT2D eigenvalue weighted by Gasteiger charge is 2.29. The molecule has 0 bridgehead atoms. The van der Waals surface area contributed by atoms with E-state index in [9.17, 15) is 0 Å². The van der Waals surface area contributed by atoms with Gasteiger partial charge < -0.3 is 14.2 Å². The summed E-state index contributed by atoms with van der Waals surface area (Å²) in [6.45, 7) is 5.09. The van der Waals surface area contributed by atoms with Crippen molar-refractivity contribution in [3.05, 3.63) is 64.4 Å². The highest BCUT2D eigenvalue weighted by atomic mass is 79.9. The average molecular weight is 548 g/mol. The van der Waals surface area contributed by atoms with Gasteiger partial charge in [0.1, 0.15) is 17.2 Å². The lowest BCUT2D eigenvalue weighted by Crippen LogP contribution is -2.29. The molecule has 3 aromatic heterocycles. The van der Waals surface area contributed by atoms with Crippen molar-refractivity contribution in [1.29, 1.82) is 0 Å². The first kappa shape index (κ1) is 23.2. The van der Waals surface area contributed by atoms with Gasteiger partial charge >= 0.3 is 0 Å². The number of benzene rings is 1. The van der Waals surface area contributed by atoms with Crippen LogP contribution in [0.5, 0.6) is 5.88 Å². The van der Waals surface area contributed by atoms with Gasteiger partial charge in [-0.1, -0.05) is 15.9 Å². The van der Waals surface area contributed by atoms with Crippen LogP contribution in [0.2, 0.25) is 0 Å². The van der Waals surface area contributed by atoms with Gasteiger partial charge in [-0.15, -0.1) is 5.10 Å². The molecule has 8 nitrogen and oxygen atoms in total. The van der Waals surface area contributed by atoms with Crippen molar-refractivity contribution in [3.8, 4) is 23.1 Å². The lowest BCUT2D eigenvalue weighted by atomic mass is 9.90. The summed E-state index contributed by atoms with van der Waals surface area (Å²) in [6, 6.07) is 10.7. The smallest absolute Gasteiger partial charge is 0.238 e. The van der Waals surface area contributed by atoms with Gasteiger partial charge in [-0.3, -0.25) is 0 Å². The van der Waals surface area contributed by atoms with Crippen LogP contribution in [0.15, 0.2) is 47.3 Å². The number of methoxy groups -OCH3 is 1. The molecule has 1 atom stereocenters. The molecule has 1 saturated heterocycles. The lowest BCUT2D eigenvalue weighted by Gasteiger charge is -2.30. The summed E-state index contributed by atoms with van der Waals surface area (Å²) in [4.78, 5) is 16.6. The molecular weight excluding hydrogens is 518 g/mol. The Hall–Kier alpha value is -3.20. The molecule has 9 heteroatoms. The number of nitrogens with zero attached hydrogens (tertiary/aromatic N) is 7. The fraction of sp³-hybridized carbons (Fsp3) is 0.407. The number of halogens is 1. The average Bonchev–Trinajstić information content (AvgIpc) is 3.55. The molecule has 4 aromatic rings. The molecule has 186 valence electrons. The van der Waals surface area contributed by atoms with Gasteiger partial charge in [0.25, 0.3) is 0 Å². The SMILES string of the molecule is COc1nc(-c2nc3n(n2)CCCC3c2cc(N3CCCCC3)ccc2Br)ccc1-n1cnc(C)c1. The van der Waals surface area contributed by atoms with Crippen LogP contribution < -0.4 is 9.64 Å². The maximum atomic E-state index is 5.62. The number of rotatable bonds is 5. The van der Waals surface area contributed by atoms with Gasteiger partial charge in [0.05, 0.1) is 19.1 Å². The number of aryl methyl sites for hydroxylation is 2. The van der Waals surface area contributed by atoms with Crippen molar-refractivity contribution in [1.82, 2.24) is 29.3 Å². The van der Waals surface area contributed by atoms with E-state index in [0.717, 1.165) is 54.2 Å². The molecule has 0 spiro atoms. The van der Waals surface area contributed by atoms with E-state index in [0.29, 0.717) is 17.4 Å². The normalized spacial score (nSPS) is 17.8. The fourth-order valence-electron chi connectivity index (χ4n) is 5.36. The summed E-state index contributed by atoms with van der Waals surface area (Å²) in [6.07, 6.45) is 9.70. The Morgan fingerprint density at radius 3 is 2.64 bits per heavy atom. The van der Waals surface area contributed by atoms with Crippen LogP contribution in [0, 0.1) is 6.92 Å². The first-order valence-corrected chi connectivity index (χ1v) is 13.5. The summed E-state index contributed by atoms with van der Waals surface area (Å²) in [7, 11) is 1.63. The zero-order chi connectivity index (χ0) is 24.6. The maximum Gasteiger partial charge on any atom is 0.238 e. The van der Waals surface area contributed by atoms with Crippen molar-refractivity contribution in [2.75, 3.05) is 25.1 Å². The van der Waals surface area contributed by atoms with E-state index in [1.807, 2.05) is 29.8 Å². The molecule has 0 radical (unpaired) electrons. The van der Waals surface area contributed by atoms with Crippen molar-refractivity contribution in [3.63, 3.8) is 0 Å². The molecule has 2 aliphatic rings. The molecule has 6 rings (SSSR count). The highest BCUT2D eigenvalue weighted by Crippen LogP contribution is 2.39. The Labute approximate surface area is 219 Å². The first-order chi connectivity index (χ1) is 17.6. The maximum absolute atomic E-state index is 5.62. The van der Waals surface area contributed by atoms with E-state index in [1.54, 1.807) is 13.4 Å². The molecular formula is C27H30BrN7O. The second-order valence-corrected chi connectivity index (χ2v) is 10.5. The van der Waals surface area contributed by atoms with E-state index in [2.05, 4.69) is 48.7 Å². The van der Waals surface area contributed by atoms with Crippen LogP contribution >= 0.6 is 15.9 Å².